The van der Waals surface area contributed by atoms with Gasteiger partial charge in [-0.05, 0) is 114 Å². The summed E-state index contributed by atoms with van der Waals surface area (Å²) in [5.74, 6) is 0. The molecular weight excluding hydrogens is 763 g/mol. The van der Waals surface area contributed by atoms with Gasteiger partial charge in [-0.2, -0.15) is 0 Å². The fourth-order valence-electron chi connectivity index (χ4n) is 10.2. The number of nitrogen functional groups attached to an aromatic ring is 1. The third-order valence-corrected chi connectivity index (χ3v) is 13.0. The quantitative estimate of drug-likeness (QED) is 0.163. The molecule has 1 aliphatic carbocycles. The number of fused-ring (bicyclic) bond motifs is 6. The van der Waals surface area contributed by atoms with Crippen molar-refractivity contribution in [3.05, 3.63) is 236 Å². The maximum atomic E-state index is 7.91. The van der Waals surface area contributed by atoms with Crippen LogP contribution in [0.25, 0.3) is 111 Å². The molecule has 0 fully saturated rings. The predicted octanol–water partition coefficient (Wildman–Crippen LogP) is 16.4. The standard InChI is InChI=1S/C61H41NO/c62-61-49(45-28-13-12-26-43(45)39-19-4-1-5-20-39)35-36-51(60(61)48-30-15-14-29-46(48)47-32-18-34-56-58(47)50-31-16-17-33-55(50)63-56)59-54-37-42-25-10-11-27-44(42)53(54)38-52(40-21-6-2-7-22-40)57(59)41-23-8-3-9-24-41/h1-36,38H,37,62H2. The highest BCUT2D eigenvalue weighted by molar-refractivity contribution is 6.16. The molecule has 0 amide bonds. The molecule has 0 radical (unpaired) electrons. The van der Waals surface area contributed by atoms with Crippen LogP contribution >= 0.6 is 0 Å². The lowest BCUT2D eigenvalue weighted by Crippen LogP contribution is -2.03. The molecule has 11 aromatic rings. The minimum atomic E-state index is 0.737. The Bertz CT molecular complexity index is 3530. The Labute approximate surface area is 367 Å². The molecule has 1 aromatic heterocycles. The van der Waals surface area contributed by atoms with Gasteiger partial charge in [-0.25, -0.2) is 0 Å². The van der Waals surface area contributed by atoms with Gasteiger partial charge in [0.15, 0.2) is 0 Å². The van der Waals surface area contributed by atoms with Crippen molar-refractivity contribution in [2.75, 3.05) is 5.73 Å². The van der Waals surface area contributed by atoms with Gasteiger partial charge in [0.05, 0.1) is 0 Å². The first-order chi connectivity index (χ1) is 31.2. The van der Waals surface area contributed by atoms with E-state index in [1.54, 1.807) is 0 Å². The van der Waals surface area contributed by atoms with Crippen LogP contribution in [0.4, 0.5) is 5.69 Å². The topological polar surface area (TPSA) is 39.2 Å². The molecule has 0 aliphatic heterocycles. The van der Waals surface area contributed by atoms with Gasteiger partial charge in [0.25, 0.3) is 0 Å². The largest absolute Gasteiger partial charge is 0.456 e. The second-order valence-corrected chi connectivity index (χ2v) is 16.4. The summed E-state index contributed by atoms with van der Waals surface area (Å²) in [7, 11) is 0. The van der Waals surface area contributed by atoms with Crippen LogP contribution in [0.5, 0.6) is 0 Å². The number of hydrogen-bond donors (Lipinski definition) is 1. The van der Waals surface area contributed by atoms with E-state index in [0.717, 1.165) is 89.7 Å². The number of rotatable bonds is 7. The fraction of sp³-hybridized carbons (Fsp3) is 0.0164. The molecule has 2 N–H and O–H groups in total. The summed E-state index contributed by atoms with van der Waals surface area (Å²) >= 11 is 0. The normalized spacial score (nSPS) is 11.8. The van der Waals surface area contributed by atoms with Crippen molar-refractivity contribution >= 4 is 27.6 Å². The van der Waals surface area contributed by atoms with Crippen LogP contribution in [0.3, 0.4) is 0 Å². The van der Waals surface area contributed by atoms with Crippen molar-refractivity contribution in [1.82, 2.24) is 0 Å². The average molecular weight is 804 g/mol. The lowest BCUT2D eigenvalue weighted by Gasteiger charge is -2.26. The second kappa shape index (κ2) is 15.1. The first-order valence-electron chi connectivity index (χ1n) is 21.7. The van der Waals surface area contributed by atoms with Crippen molar-refractivity contribution < 1.29 is 4.42 Å². The number of benzene rings is 10. The zero-order valence-electron chi connectivity index (χ0n) is 34.6. The summed E-state index contributed by atoms with van der Waals surface area (Å²) in [5.41, 5.74) is 31.3. The Morgan fingerprint density at radius 2 is 0.841 bits per heavy atom. The summed E-state index contributed by atoms with van der Waals surface area (Å²) in [6.45, 7) is 0. The van der Waals surface area contributed by atoms with Gasteiger partial charge in [0, 0.05) is 27.6 Å². The number of hydrogen-bond acceptors (Lipinski definition) is 2. The molecule has 10 aromatic carbocycles. The Kier molecular flexibility index (Phi) is 8.76. The molecule has 63 heavy (non-hydrogen) atoms. The second-order valence-electron chi connectivity index (χ2n) is 16.4. The summed E-state index contributed by atoms with van der Waals surface area (Å²) in [5, 5.41) is 2.19. The van der Waals surface area contributed by atoms with E-state index >= 15 is 0 Å². The Balaban J connectivity index is 1.23. The third kappa shape index (κ3) is 6.02. The highest BCUT2D eigenvalue weighted by Gasteiger charge is 2.31. The Morgan fingerprint density at radius 3 is 1.57 bits per heavy atom. The molecular formula is C61H41NO. The molecule has 0 spiro atoms. The monoisotopic (exact) mass is 803 g/mol. The van der Waals surface area contributed by atoms with Crippen LogP contribution < -0.4 is 5.73 Å². The molecule has 12 rings (SSSR count). The van der Waals surface area contributed by atoms with Crippen molar-refractivity contribution in [3.8, 4) is 89.0 Å². The first kappa shape index (κ1) is 36.6. The molecule has 0 saturated carbocycles. The van der Waals surface area contributed by atoms with Crippen LogP contribution in [0.2, 0.25) is 0 Å². The van der Waals surface area contributed by atoms with E-state index in [9.17, 15) is 0 Å². The molecule has 1 heterocycles. The van der Waals surface area contributed by atoms with Crippen molar-refractivity contribution in [2.24, 2.45) is 0 Å². The lowest BCUT2D eigenvalue weighted by molar-refractivity contribution is 0.669. The molecule has 2 heteroatoms. The van der Waals surface area contributed by atoms with Crippen LogP contribution in [0.1, 0.15) is 11.1 Å². The highest BCUT2D eigenvalue weighted by Crippen LogP contribution is 2.55. The van der Waals surface area contributed by atoms with Gasteiger partial charge in [-0.1, -0.05) is 206 Å². The number of nitrogens with two attached hydrogens (primary N) is 1. The molecule has 1 aliphatic rings. The van der Waals surface area contributed by atoms with E-state index < -0.39 is 0 Å². The van der Waals surface area contributed by atoms with E-state index in [0.29, 0.717) is 0 Å². The number of furan rings is 1. The van der Waals surface area contributed by atoms with E-state index in [-0.39, 0.29) is 0 Å². The van der Waals surface area contributed by atoms with E-state index in [4.69, 9.17) is 10.2 Å². The van der Waals surface area contributed by atoms with Gasteiger partial charge >= 0.3 is 0 Å². The molecule has 296 valence electrons. The minimum absolute atomic E-state index is 0.737. The SMILES string of the molecule is Nc1c(-c2ccccc2-c2ccccc2)ccc(-c2c3c(cc(-c4ccccc4)c2-c2ccccc2)-c2ccccc2C3)c1-c1ccccc1-c1cccc2oc3ccccc3c12. The predicted molar refractivity (Wildman–Crippen MR) is 264 cm³/mol. The van der Waals surface area contributed by atoms with Crippen LogP contribution in [-0.2, 0) is 6.42 Å². The summed E-state index contributed by atoms with van der Waals surface area (Å²) < 4.78 is 6.49. The maximum Gasteiger partial charge on any atom is 0.136 e. The van der Waals surface area contributed by atoms with Crippen molar-refractivity contribution in [2.45, 2.75) is 6.42 Å². The summed E-state index contributed by atoms with van der Waals surface area (Å²) in [6, 6.07) is 80.6. The van der Waals surface area contributed by atoms with E-state index in [1.807, 2.05) is 6.07 Å². The van der Waals surface area contributed by atoms with Crippen molar-refractivity contribution in [3.63, 3.8) is 0 Å². The maximum absolute atomic E-state index is 7.91. The summed E-state index contributed by atoms with van der Waals surface area (Å²) in [4.78, 5) is 0. The van der Waals surface area contributed by atoms with Gasteiger partial charge in [-0.3, -0.25) is 0 Å². The highest BCUT2D eigenvalue weighted by atomic mass is 16.3. The fourth-order valence-corrected chi connectivity index (χ4v) is 10.2. The zero-order chi connectivity index (χ0) is 41.9. The molecule has 0 bridgehead atoms. The van der Waals surface area contributed by atoms with Gasteiger partial charge in [0.1, 0.15) is 11.2 Å². The average Bonchev–Trinajstić information content (AvgIpc) is 3.93. The zero-order valence-corrected chi connectivity index (χ0v) is 34.6. The van der Waals surface area contributed by atoms with Gasteiger partial charge < -0.3 is 10.2 Å². The van der Waals surface area contributed by atoms with Crippen molar-refractivity contribution in [1.29, 1.82) is 0 Å². The molecule has 0 unspecified atom stereocenters. The van der Waals surface area contributed by atoms with Crippen LogP contribution in [0, 0.1) is 0 Å². The lowest BCUT2D eigenvalue weighted by atomic mass is 9.78. The summed E-state index contributed by atoms with van der Waals surface area (Å²) in [6.07, 6.45) is 0.815. The minimum Gasteiger partial charge on any atom is -0.456 e. The molecule has 2 nitrogen and oxygen atoms in total. The van der Waals surface area contributed by atoms with E-state index in [1.165, 1.54) is 44.5 Å². The van der Waals surface area contributed by atoms with Gasteiger partial charge in [-0.15, -0.1) is 0 Å². The van der Waals surface area contributed by atoms with Crippen LogP contribution in [-0.4, -0.2) is 0 Å². The Hall–Kier alpha value is -8.20. The molecule has 0 saturated heterocycles. The number of anilines is 1. The Morgan fingerprint density at radius 1 is 0.317 bits per heavy atom. The van der Waals surface area contributed by atoms with Crippen LogP contribution in [0.15, 0.2) is 229 Å². The van der Waals surface area contributed by atoms with Gasteiger partial charge in [0.2, 0.25) is 0 Å². The smallest absolute Gasteiger partial charge is 0.136 e. The number of para-hydroxylation sites is 1. The van der Waals surface area contributed by atoms with E-state index in [2.05, 4.69) is 218 Å². The third-order valence-electron chi connectivity index (χ3n) is 13.0. The molecule has 0 atom stereocenters. The first-order valence-corrected chi connectivity index (χ1v) is 21.7.